The van der Waals surface area contributed by atoms with Gasteiger partial charge in [-0.1, -0.05) is 218 Å². The second kappa shape index (κ2) is 52.9. The van der Waals surface area contributed by atoms with Crippen molar-refractivity contribution in [3.05, 3.63) is 36.5 Å². The van der Waals surface area contributed by atoms with Crippen LogP contribution in [0.15, 0.2) is 36.5 Å². The second-order valence-electron chi connectivity index (χ2n) is 21.7. The molecular formula is C64H117NO8. The molecule has 0 radical (unpaired) electrons. The maximum absolute atomic E-state index is 13.5. The minimum Gasteiger partial charge on any atom is -0.463 e. The zero-order chi connectivity index (χ0) is 52.9. The van der Waals surface area contributed by atoms with Gasteiger partial charge < -0.3 is 28.6 Å². The zero-order valence-corrected chi connectivity index (χ0v) is 48.5. The molecule has 1 fully saturated rings. The highest BCUT2D eigenvalue weighted by Crippen LogP contribution is 2.30. The van der Waals surface area contributed by atoms with E-state index in [1.54, 1.807) is 0 Å². The Balaban J connectivity index is 2.74. The van der Waals surface area contributed by atoms with E-state index in [4.69, 9.17) is 23.7 Å². The monoisotopic (exact) mass is 1030 g/mol. The van der Waals surface area contributed by atoms with E-state index in [1.165, 1.54) is 167 Å². The molecule has 1 rings (SSSR count). The fourth-order valence-electron chi connectivity index (χ4n) is 9.45. The predicted molar refractivity (Wildman–Crippen MR) is 307 cm³/mol. The highest BCUT2D eigenvalue weighted by molar-refractivity contribution is 5.71. The third-order valence-corrected chi connectivity index (χ3v) is 14.2. The van der Waals surface area contributed by atoms with Crippen LogP contribution in [0.3, 0.4) is 0 Å². The highest BCUT2D eigenvalue weighted by atomic mass is 16.7. The molecule has 73 heavy (non-hydrogen) atoms. The minimum absolute atomic E-state index is 0.117. The van der Waals surface area contributed by atoms with Crippen LogP contribution in [0.5, 0.6) is 0 Å². The van der Waals surface area contributed by atoms with Crippen LogP contribution in [0, 0.1) is 0 Å². The van der Waals surface area contributed by atoms with E-state index >= 15 is 0 Å². The van der Waals surface area contributed by atoms with Gasteiger partial charge in [0.2, 0.25) is 6.29 Å². The predicted octanol–water partition coefficient (Wildman–Crippen LogP) is 18.2. The number of rotatable bonds is 54. The molecule has 4 atom stereocenters. The Kier molecular flexibility index (Phi) is 49.7. The van der Waals surface area contributed by atoms with E-state index < -0.39 is 24.6 Å². The van der Waals surface area contributed by atoms with E-state index in [0.29, 0.717) is 13.2 Å². The molecule has 1 aliphatic rings. The van der Waals surface area contributed by atoms with Crippen LogP contribution in [0.2, 0.25) is 0 Å². The molecule has 1 heterocycles. The number of nitrogens with zero attached hydrogens (tertiary/aromatic N) is 1. The van der Waals surface area contributed by atoms with Gasteiger partial charge in [0.1, 0.15) is 12.7 Å². The number of hydrogen-bond acceptors (Lipinski definition) is 9. The summed E-state index contributed by atoms with van der Waals surface area (Å²) in [5.41, 5.74) is 0. The molecule has 0 aromatic carbocycles. The number of ether oxygens (including phenoxy) is 5. The van der Waals surface area contributed by atoms with Crippen molar-refractivity contribution in [3.63, 3.8) is 0 Å². The van der Waals surface area contributed by atoms with Crippen molar-refractivity contribution in [2.24, 2.45) is 0 Å². The van der Waals surface area contributed by atoms with Crippen molar-refractivity contribution >= 4 is 17.9 Å². The molecule has 0 saturated carbocycles. The summed E-state index contributed by atoms with van der Waals surface area (Å²) in [4.78, 5) is 41.6. The van der Waals surface area contributed by atoms with E-state index in [0.717, 1.165) is 89.9 Å². The van der Waals surface area contributed by atoms with Crippen molar-refractivity contribution in [2.45, 2.75) is 321 Å². The number of unbranched alkanes of at least 4 members (excludes halogenated alkanes) is 34. The lowest BCUT2D eigenvalue weighted by Crippen LogP contribution is -2.42. The number of allylic oxidation sites excluding steroid dienone is 6. The van der Waals surface area contributed by atoms with E-state index in [1.807, 2.05) is 19.0 Å². The highest BCUT2D eigenvalue weighted by Gasteiger charge is 2.50. The summed E-state index contributed by atoms with van der Waals surface area (Å²) in [7, 11) is 3.82. The van der Waals surface area contributed by atoms with E-state index in [2.05, 4.69) is 57.2 Å². The first-order chi connectivity index (χ1) is 35.8. The van der Waals surface area contributed by atoms with Gasteiger partial charge in [0, 0.05) is 26.0 Å². The van der Waals surface area contributed by atoms with Crippen LogP contribution in [-0.2, 0) is 38.1 Å². The Morgan fingerprint density at radius 2 is 0.740 bits per heavy atom. The summed E-state index contributed by atoms with van der Waals surface area (Å²) < 4.78 is 30.7. The van der Waals surface area contributed by atoms with Crippen molar-refractivity contribution in [2.75, 3.05) is 33.9 Å². The van der Waals surface area contributed by atoms with Crippen LogP contribution < -0.4 is 0 Å². The number of carbonyl (C=O) groups is 3. The molecule has 0 aromatic rings. The van der Waals surface area contributed by atoms with Crippen molar-refractivity contribution in [1.29, 1.82) is 0 Å². The van der Waals surface area contributed by atoms with Crippen molar-refractivity contribution < 1.29 is 38.1 Å². The molecule has 1 saturated heterocycles. The SMILES string of the molecule is CCCCCCCC/C=C\CCCCCCCCOC1C(OC(=O)CCCCCCC/C=C\CCCCCCCC)OC(COC(=O)CCN(C)C)C1OC(=O)CCCCCCC/C=C\CCCCCCCC. The molecule has 4 unspecified atom stereocenters. The maximum atomic E-state index is 13.5. The normalized spacial score (nSPS) is 17.0. The van der Waals surface area contributed by atoms with Gasteiger partial charge >= 0.3 is 17.9 Å². The largest absolute Gasteiger partial charge is 0.463 e. The Morgan fingerprint density at radius 3 is 1.12 bits per heavy atom. The van der Waals surface area contributed by atoms with Gasteiger partial charge in [-0.05, 0) is 110 Å². The summed E-state index contributed by atoms with van der Waals surface area (Å²) in [6.45, 7) is 7.66. The molecule has 426 valence electrons. The van der Waals surface area contributed by atoms with Crippen LogP contribution in [0.1, 0.15) is 297 Å². The average molecular weight is 1030 g/mol. The second-order valence-corrected chi connectivity index (χ2v) is 21.7. The van der Waals surface area contributed by atoms with Crippen molar-refractivity contribution in [3.8, 4) is 0 Å². The van der Waals surface area contributed by atoms with E-state index in [9.17, 15) is 14.4 Å². The van der Waals surface area contributed by atoms with Crippen LogP contribution in [0.4, 0.5) is 0 Å². The third kappa shape index (κ3) is 44.4. The first kappa shape index (κ1) is 68.5. The smallest absolute Gasteiger partial charge is 0.308 e. The number of esters is 3. The van der Waals surface area contributed by atoms with Gasteiger partial charge in [-0.25, -0.2) is 0 Å². The Hall–Kier alpha value is -2.49. The summed E-state index contributed by atoms with van der Waals surface area (Å²) in [6.07, 6.45) is 59.2. The van der Waals surface area contributed by atoms with Gasteiger partial charge in [-0.3, -0.25) is 14.4 Å². The molecule has 0 N–H and O–H groups in total. The summed E-state index contributed by atoms with van der Waals surface area (Å²) >= 11 is 0. The van der Waals surface area contributed by atoms with Gasteiger partial charge in [-0.2, -0.15) is 0 Å². The standard InChI is InChI=1S/C64H117NO8/c1-6-9-12-15-18-21-24-27-30-33-36-39-42-45-48-51-56-69-63-62(72-60(67)52-49-46-43-40-37-34-31-28-25-22-19-16-13-10-7-2)58(57-70-59(66)54-55-65(4)5)71-64(63)73-61(68)53-50-47-44-41-38-35-32-29-26-23-20-17-14-11-8-3/h27-32,58,62-64H,6-26,33-57H2,1-5H3/b30-27-,31-28-,32-29-. The quantitative estimate of drug-likeness (QED) is 0.0255. The minimum atomic E-state index is -1.06. The van der Waals surface area contributed by atoms with Gasteiger partial charge in [0.25, 0.3) is 0 Å². The molecule has 0 amide bonds. The first-order valence-corrected chi connectivity index (χ1v) is 31.2. The van der Waals surface area contributed by atoms with Crippen molar-refractivity contribution in [1.82, 2.24) is 4.90 Å². The van der Waals surface area contributed by atoms with Crippen LogP contribution in [0.25, 0.3) is 0 Å². The Morgan fingerprint density at radius 1 is 0.397 bits per heavy atom. The first-order valence-electron chi connectivity index (χ1n) is 31.2. The van der Waals surface area contributed by atoms with Crippen LogP contribution >= 0.6 is 0 Å². The lowest BCUT2D eigenvalue weighted by molar-refractivity contribution is -0.197. The molecule has 0 bridgehead atoms. The average Bonchev–Trinajstić information content (AvgIpc) is 3.69. The van der Waals surface area contributed by atoms with E-state index in [-0.39, 0.29) is 43.8 Å². The van der Waals surface area contributed by atoms with Gasteiger partial charge in [0.05, 0.1) is 6.42 Å². The fraction of sp³-hybridized carbons (Fsp3) is 0.859. The van der Waals surface area contributed by atoms with Gasteiger partial charge in [0.15, 0.2) is 12.2 Å². The molecular weight excluding hydrogens is 911 g/mol. The Bertz CT molecular complexity index is 1330. The molecule has 1 aliphatic heterocycles. The van der Waals surface area contributed by atoms with Crippen LogP contribution in [-0.4, -0.2) is 81.3 Å². The molecule has 0 aliphatic carbocycles. The maximum Gasteiger partial charge on any atom is 0.308 e. The number of carbonyl (C=O) groups excluding carboxylic acids is 3. The lowest BCUT2D eigenvalue weighted by atomic mass is 10.1. The lowest BCUT2D eigenvalue weighted by Gasteiger charge is -2.24. The molecule has 0 spiro atoms. The molecule has 0 aromatic heterocycles. The fourth-order valence-corrected chi connectivity index (χ4v) is 9.45. The summed E-state index contributed by atoms with van der Waals surface area (Å²) in [5.74, 6) is -1.04. The Labute approximate surface area is 450 Å². The third-order valence-electron chi connectivity index (χ3n) is 14.2. The summed E-state index contributed by atoms with van der Waals surface area (Å²) in [5, 5.41) is 0. The number of hydrogen-bond donors (Lipinski definition) is 0. The zero-order valence-electron chi connectivity index (χ0n) is 48.5. The summed E-state index contributed by atoms with van der Waals surface area (Å²) in [6, 6.07) is 0. The van der Waals surface area contributed by atoms with Gasteiger partial charge in [-0.15, -0.1) is 0 Å². The molecule has 9 nitrogen and oxygen atoms in total. The molecule has 9 heteroatoms. The topological polar surface area (TPSA) is 101 Å².